The third kappa shape index (κ3) is 1.93. The summed E-state index contributed by atoms with van der Waals surface area (Å²) in [4.78, 5) is 4.07. The van der Waals surface area contributed by atoms with E-state index >= 15 is 0 Å². The van der Waals surface area contributed by atoms with E-state index < -0.39 is 0 Å². The maximum Gasteiger partial charge on any atom is 0.0799 e. The van der Waals surface area contributed by atoms with Gasteiger partial charge in [-0.3, -0.25) is 4.98 Å². The molecule has 0 saturated heterocycles. The molecule has 2 unspecified atom stereocenters. The van der Waals surface area contributed by atoms with Crippen LogP contribution in [0.15, 0.2) is 42.7 Å². The van der Waals surface area contributed by atoms with Gasteiger partial charge in [-0.05, 0) is 54.0 Å². The van der Waals surface area contributed by atoms with Gasteiger partial charge in [-0.15, -0.1) is 0 Å². The average molecular weight is 239 g/mol. The standard InChI is InChI=1S/C16H17NO/c1-11-10-17-7-6-14(11)16(18)9-13-8-12-4-2-3-5-15(12)13/h2-7,10,13,16,18H,8-9H2,1H3. The van der Waals surface area contributed by atoms with E-state index in [9.17, 15) is 5.11 Å². The van der Waals surface area contributed by atoms with E-state index in [1.807, 2.05) is 19.2 Å². The fourth-order valence-electron chi connectivity index (χ4n) is 2.83. The number of aliphatic hydroxyl groups is 1. The molecule has 1 aromatic heterocycles. The summed E-state index contributed by atoms with van der Waals surface area (Å²) in [5.74, 6) is 0.503. The summed E-state index contributed by atoms with van der Waals surface area (Å²) in [6, 6.07) is 10.4. The number of hydrogen-bond donors (Lipinski definition) is 1. The molecule has 2 aromatic rings. The third-order valence-electron chi connectivity index (χ3n) is 3.89. The summed E-state index contributed by atoms with van der Waals surface area (Å²) in [6.07, 6.45) is 5.08. The van der Waals surface area contributed by atoms with Gasteiger partial charge in [0, 0.05) is 12.4 Å². The number of fused-ring (bicyclic) bond motifs is 1. The summed E-state index contributed by atoms with van der Waals surface area (Å²) in [5, 5.41) is 10.3. The van der Waals surface area contributed by atoms with Crippen LogP contribution in [0, 0.1) is 6.92 Å². The average Bonchev–Trinajstić information content (AvgIpc) is 2.36. The lowest BCUT2D eigenvalue weighted by Crippen LogP contribution is -2.19. The van der Waals surface area contributed by atoms with Crippen LogP contribution in [0.1, 0.15) is 40.7 Å². The van der Waals surface area contributed by atoms with Crippen molar-refractivity contribution in [3.05, 3.63) is 65.0 Å². The maximum atomic E-state index is 10.3. The molecule has 2 nitrogen and oxygen atoms in total. The highest BCUT2D eigenvalue weighted by atomic mass is 16.3. The van der Waals surface area contributed by atoms with Crippen LogP contribution in [0.3, 0.4) is 0 Å². The molecule has 18 heavy (non-hydrogen) atoms. The molecule has 3 rings (SSSR count). The Bertz CT molecular complexity index is 565. The Hall–Kier alpha value is -1.67. The Balaban J connectivity index is 1.74. The molecule has 0 amide bonds. The molecule has 1 aromatic carbocycles. The molecule has 2 heteroatoms. The smallest absolute Gasteiger partial charge is 0.0799 e. The molecule has 0 spiro atoms. The fourth-order valence-corrected chi connectivity index (χ4v) is 2.83. The van der Waals surface area contributed by atoms with Crippen LogP contribution in [-0.2, 0) is 6.42 Å². The van der Waals surface area contributed by atoms with Gasteiger partial charge >= 0.3 is 0 Å². The number of pyridine rings is 1. The first kappa shape index (κ1) is 11.4. The van der Waals surface area contributed by atoms with Crippen molar-refractivity contribution in [1.82, 2.24) is 4.98 Å². The second kappa shape index (κ2) is 4.54. The minimum absolute atomic E-state index is 0.383. The van der Waals surface area contributed by atoms with E-state index in [1.165, 1.54) is 11.1 Å². The second-order valence-electron chi connectivity index (χ2n) is 5.08. The van der Waals surface area contributed by atoms with Crippen LogP contribution in [0.4, 0.5) is 0 Å². The molecule has 0 bridgehead atoms. The van der Waals surface area contributed by atoms with E-state index in [1.54, 1.807) is 6.20 Å². The lowest BCUT2D eigenvalue weighted by Gasteiger charge is -2.32. The van der Waals surface area contributed by atoms with Gasteiger partial charge in [0.15, 0.2) is 0 Å². The molecule has 0 fully saturated rings. The van der Waals surface area contributed by atoms with Crippen molar-refractivity contribution in [3.8, 4) is 0 Å². The minimum atomic E-state index is -0.383. The molecule has 92 valence electrons. The summed E-state index contributed by atoms with van der Waals surface area (Å²) in [6.45, 7) is 2.00. The second-order valence-corrected chi connectivity index (χ2v) is 5.08. The van der Waals surface area contributed by atoms with Crippen LogP contribution in [0.25, 0.3) is 0 Å². The number of hydrogen-bond acceptors (Lipinski definition) is 2. The maximum absolute atomic E-state index is 10.3. The highest BCUT2D eigenvalue weighted by Crippen LogP contribution is 2.40. The van der Waals surface area contributed by atoms with Gasteiger partial charge in [-0.1, -0.05) is 24.3 Å². The van der Waals surface area contributed by atoms with Crippen molar-refractivity contribution < 1.29 is 5.11 Å². The monoisotopic (exact) mass is 239 g/mol. The number of rotatable bonds is 3. The van der Waals surface area contributed by atoms with Crippen molar-refractivity contribution in [2.45, 2.75) is 31.8 Å². The quantitative estimate of drug-likeness (QED) is 0.892. The van der Waals surface area contributed by atoms with Crippen LogP contribution >= 0.6 is 0 Å². The zero-order chi connectivity index (χ0) is 12.5. The van der Waals surface area contributed by atoms with E-state index in [0.29, 0.717) is 5.92 Å². The SMILES string of the molecule is Cc1cnccc1C(O)CC1Cc2ccccc21. The van der Waals surface area contributed by atoms with Gasteiger partial charge in [-0.2, -0.15) is 0 Å². The van der Waals surface area contributed by atoms with Crippen molar-refractivity contribution in [2.24, 2.45) is 0 Å². The first-order chi connectivity index (χ1) is 8.75. The van der Waals surface area contributed by atoms with E-state index in [0.717, 1.165) is 24.0 Å². The molecule has 1 N–H and O–H groups in total. The Morgan fingerprint density at radius 1 is 1.33 bits per heavy atom. The highest BCUT2D eigenvalue weighted by Gasteiger charge is 2.28. The number of aromatic nitrogens is 1. The highest BCUT2D eigenvalue weighted by molar-refractivity contribution is 5.40. The van der Waals surface area contributed by atoms with Gasteiger partial charge in [0.2, 0.25) is 0 Å². The molecule has 1 heterocycles. The van der Waals surface area contributed by atoms with E-state index in [4.69, 9.17) is 0 Å². The fraction of sp³-hybridized carbons (Fsp3) is 0.312. The molecule has 1 aliphatic rings. The van der Waals surface area contributed by atoms with Crippen molar-refractivity contribution in [1.29, 1.82) is 0 Å². The Morgan fingerprint density at radius 2 is 2.17 bits per heavy atom. The topological polar surface area (TPSA) is 33.1 Å². The summed E-state index contributed by atoms with van der Waals surface area (Å²) in [7, 11) is 0. The van der Waals surface area contributed by atoms with Crippen LogP contribution < -0.4 is 0 Å². The largest absolute Gasteiger partial charge is 0.388 e. The number of aliphatic hydroxyl groups excluding tert-OH is 1. The van der Waals surface area contributed by atoms with Gasteiger partial charge in [-0.25, -0.2) is 0 Å². The predicted octanol–water partition coefficient (Wildman–Crippen LogP) is 3.15. The van der Waals surface area contributed by atoms with E-state index in [2.05, 4.69) is 29.2 Å². The van der Waals surface area contributed by atoms with Crippen molar-refractivity contribution >= 4 is 0 Å². The van der Waals surface area contributed by atoms with Crippen LogP contribution in [0.2, 0.25) is 0 Å². The first-order valence-electron chi connectivity index (χ1n) is 6.42. The van der Waals surface area contributed by atoms with Gasteiger partial charge in [0.1, 0.15) is 0 Å². The van der Waals surface area contributed by atoms with Gasteiger partial charge < -0.3 is 5.11 Å². The lowest BCUT2D eigenvalue weighted by molar-refractivity contribution is 0.153. The summed E-state index contributed by atoms with van der Waals surface area (Å²) >= 11 is 0. The van der Waals surface area contributed by atoms with Crippen molar-refractivity contribution in [2.75, 3.05) is 0 Å². The predicted molar refractivity (Wildman–Crippen MR) is 71.4 cm³/mol. The molecular formula is C16H17NO. The van der Waals surface area contributed by atoms with Crippen LogP contribution in [0.5, 0.6) is 0 Å². The molecular weight excluding hydrogens is 222 g/mol. The first-order valence-corrected chi connectivity index (χ1v) is 6.42. The number of aryl methyl sites for hydroxylation is 1. The van der Waals surface area contributed by atoms with Crippen molar-refractivity contribution in [3.63, 3.8) is 0 Å². The number of benzene rings is 1. The molecule has 0 saturated carbocycles. The third-order valence-corrected chi connectivity index (χ3v) is 3.89. The normalized spacial score (nSPS) is 18.9. The lowest BCUT2D eigenvalue weighted by atomic mass is 9.74. The summed E-state index contributed by atoms with van der Waals surface area (Å²) < 4.78 is 0. The Labute approximate surface area is 107 Å². The van der Waals surface area contributed by atoms with Crippen LogP contribution in [-0.4, -0.2) is 10.1 Å². The van der Waals surface area contributed by atoms with Gasteiger partial charge in [0.25, 0.3) is 0 Å². The molecule has 2 atom stereocenters. The zero-order valence-corrected chi connectivity index (χ0v) is 10.5. The molecule has 0 aliphatic heterocycles. The Morgan fingerprint density at radius 3 is 2.94 bits per heavy atom. The molecule has 0 radical (unpaired) electrons. The van der Waals surface area contributed by atoms with E-state index in [-0.39, 0.29) is 6.10 Å². The zero-order valence-electron chi connectivity index (χ0n) is 10.5. The van der Waals surface area contributed by atoms with Gasteiger partial charge in [0.05, 0.1) is 6.10 Å². The summed E-state index contributed by atoms with van der Waals surface area (Å²) in [5.41, 5.74) is 4.91. The molecule has 1 aliphatic carbocycles. The number of nitrogens with zero attached hydrogens (tertiary/aromatic N) is 1. The Kier molecular flexibility index (Phi) is 2.88. The minimum Gasteiger partial charge on any atom is -0.388 e.